The van der Waals surface area contributed by atoms with Gasteiger partial charge < -0.3 is 9.72 Å². The number of amides is 1. The van der Waals surface area contributed by atoms with E-state index < -0.39 is 0 Å². The summed E-state index contributed by atoms with van der Waals surface area (Å²) >= 11 is 0. The molecule has 1 amide bonds. The van der Waals surface area contributed by atoms with Gasteiger partial charge in [-0.3, -0.25) is 4.90 Å². The standard InChI is InChI=1S/C18H19N3O2/c1-12(17-10-19-11-20-17)15-6-4-5-13-7-8-14(9-16(13)15)21(2)18(22)23-3/h4-12H,1-3H3,(H,19,20). The van der Waals surface area contributed by atoms with Gasteiger partial charge in [-0.2, -0.15) is 0 Å². The van der Waals surface area contributed by atoms with Gasteiger partial charge >= 0.3 is 6.09 Å². The van der Waals surface area contributed by atoms with E-state index in [-0.39, 0.29) is 12.0 Å². The van der Waals surface area contributed by atoms with Crippen LogP contribution in [0.5, 0.6) is 0 Å². The molecule has 0 spiro atoms. The molecule has 1 aromatic heterocycles. The summed E-state index contributed by atoms with van der Waals surface area (Å²) in [4.78, 5) is 20.6. The summed E-state index contributed by atoms with van der Waals surface area (Å²) < 4.78 is 4.79. The van der Waals surface area contributed by atoms with Crippen molar-refractivity contribution in [2.75, 3.05) is 19.1 Å². The number of ether oxygens (including phenoxy) is 1. The first-order valence-corrected chi connectivity index (χ1v) is 7.45. The molecule has 0 aliphatic carbocycles. The van der Waals surface area contributed by atoms with Gasteiger partial charge in [0.15, 0.2) is 0 Å². The number of fused-ring (bicyclic) bond motifs is 1. The molecule has 2 aromatic carbocycles. The maximum atomic E-state index is 11.7. The van der Waals surface area contributed by atoms with Crippen LogP contribution in [-0.2, 0) is 4.74 Å². The lowest BCUT2D eigenvalue weighted by Crippen LogP contribution is -2.25. The highest BCUT2D eigenvalue weighted by molar-refractivity contribution is 5.94. The van der Waals surface area contributed by atoms with Crippen LogP contribution in [0.1, 0.15) is 24.1 Å². The van der Waals surface area contributed by atoms with Crippen molar-refractivity contribution in [2.24, 2.45) is 0 Å². The minimum Gasteiger partial charge on any atom is -0.452 e. The lowest BCUT2D eigenvalue weighted by Gasteiger charge is -2.18. The van der Waals surface area contributed by atoms with E-state index in [9.17, 15) is 4.79 Å². The molecule has 5 heteroatoms. The van der Waals surface area contributed by atoms with Crippen molar-refractivity contribution in [1.29, 1.82) is 0 Å². The first-order valence-electron chi connectivity index (χ1n) is 7.45. The fourth-order valence-corrected chi connectivity index (χ4v) is 2.78. The zero-order valence-corrected chi connectivity index (χ0v) is 13.4. The first-order chi connectivity index (χ1) is 11.1. The SMILES string of the molecule is COC(=O)N(C)c1ccc2cccc(C(C)c3c[nH]cn3)c2c1. The van der Waals surface area contributed by atoms with Crippen molar-refractivity contribution in [1.82, 2.24) is 9.97 Å². The second-order valence-electron chi connectivity index (χ2n) is 5.50. The number of carbonyl (C=O) groups excluding carboxylic acids is 1. The van der Waals surface area contributed by atoms with Crippen LogP contribution in [0.25, 0.3) is 10.8 Å². The van der Waals surface area contributed by atoms with Crippen molar-refractivity contribution in [3.63, 3.8) is 0 Å². The van der Waals surface area contributed by atoms with Crippen LogP contribution in [-0.4, -0.2) is 30.2 Å². The van der Waals surface area contributed by atoms with Gasteiger partial charge in [-0.1, -0.05) is 31.2 Å². The number of imidazole rings is 1. The molecular weight excluding hydrogens is 290 g/mol. The number of anilines is 1. The first kappa shape index (κ1) is 15.1. The smallest absolute Gasteiger partial charge is 0.413 e. The Kier molecular flexibility index (Phi) is 4.02. The molecule has 0 saturated carbocycles. The Morgan fingerprint density at radius 2 is 2.13 bits per heavy atom. The average Bonchev–Trinajstić information content (AvgIpc) is 3.13. The van der Waals surface area contributed by atoms with Gasteiger partial charge in [-0.25, -0.2) is 9.78 Å². The van der Waals surface area contributed by atoms with Gasteiger partial charge in [0.25, 0.3) is 0 Å². The quantitative estimate of drug-likeness (QED) is 0.798. The van der Waals surface area contributed by atoms with E-state index in [2.05, 4.69) is 29.0 Å². The number of nitrogens with zero attached hydrogens (tertiary/aromatic N) is 2. The van der Waals surface area contributed by atoms with Crippen LogP contribution < -0.4 is 4.90 Å². The lowest BCUT2D eigenvalue weighted by molar-refractivity contribution is 0.180. The minimum absolute atomic E-state index is 0.156. The molecular formula is C18H19N3O2. The Morgan fingerprint density at radius 3 is 2.83 bits per heavy atom. The number of H-pyrrole nitrogens is 1. The number of aromatic nitrogens is 2. The molecule has 0 saturated heterocycles. The Balaban J connectivity index is 2.10. The molecule has 0 fully saturated rings. The van der Waals surface area contributed by atoms with E-state index in [0.717, 1.165) is 22.2 Å². The van der Waals surface area contributed by atoms with Crippen molar-refractivity contribution < 1.29 is 9.53 Å². The van der Waals surface area contributed by atoms with Crippen LogP contribution in [0.15, 0.2) is 48.9 Å². The van der Waals surface area contributed by atoms with Crippen molar-refractivity contribution in [3.05, 3.63) is 60.2 Å². The highest BCUT2D eigenvalue weighted by Crippen LogP contribution is 2.31. The summed E-state index contributed by atoms with van der Waals surface area (Å²) in [6, 6.07) is 12.2. The summed E-state index contributed by atoms with van der Waals surface area (Å²) in [5.41, 5.74) is 2.96. The van der Waals surface area contributed by atoms with Gasteiger partial charge in [0.2, 0.25) is 0 Å². The minimum atomic E-state index is -0.387. The number of benzene rings is 2. The number of hydrogen-bond donors (Lipinski definition) is 1. The van der Waals surface area contributed by atoms with E-state index in [1.807, 2.05) is 30.5 Å². The van der Waals surface area contributed by atoms with Crippen molar-refractivity contribution in [3.8, 4) is 0 Å². The van der Waals surface area contributed by atoms with Crippen molar-refractivity contribution >= 4 is 22.6 Å². The number of carbonyl (C=O) groups is 1. The monoisotopic (exact) mass is 309 g/mol. The second-order valence-corrected chi connectivity index (χ2v) is 5.50. The summed E-state index contributed by atoms with van der Waals surface area (Å²) in [7, 11) is 3.08. The zero-order chi connectivity index (χ0) is 16.4. The molecule has 1 heterocycles. The summed E-state index contributed by atoms with van der Waals surface area (Å²) in [5.74, 6) is 0.156. The topological polar surface area (TPSA) is 58.2 Å². The van der Waals surface area contributed by atoms with E-state index in [1.54, 1.807) is 13.4 Å². The fraction of sp³-hybridized carbons (Fsp3) is 0.222. The molecule has 3 aromatic rings. The normalized spacial score (nSPS) is 12.1. The summed E-state index contributed by atoms with van der Waals surface area (Å²) in [6.45, 7) is 2.13. The summed E-state index contributed by atoms with van der Waals surface area (Å²) in [5, 5.41) is 2.24. The number of hydrogen-bond acceptors (Lipinski definition) is 3. The maximum absolute atomic E-state index is 11.7. The van der Waals surface area contributed by atoms with Crippen LogP contribution in [0.4, 0.5) is 10.5 Å². The molecule has 1 N–H and O–H groups in total. The van der Waals surface area contributed by atoms with Crippen LogP contribution >= 0.6 is 0 Å². The predicted octanol–water partition coefficient (Wildman–Crippen LogP) is 3.92. The van der Waals surface area contributed by atoms with Gasteiger partial charge in [-0.05, 0) is 28.5 Å². The van der Waals surface area contributed by atoms with Crippen molar-refractivity contribution in [2.45, 2.75) is 12.8 Å². The molecule has 1 atom stereocenters. The van der Waals surface area contributed by atoms with E-state index in [1.165, 1.54) is 17.6 Å². The number of rotatable bonds is 3. The molecule has 3 rings (SSSR count). The molecule has 0 bridgehead atoms. The molecule has 0 aliphatic heterocycles. The lowest BCUT2D eigenvalue weighted by atomic mass is 9.92. The maximum Gasteiger partial charge on any atom is 0.413 e. The Hall–Kier alpha value is -2.82. The van der Waals surface area contributed by atoms with E-state index in [0.29, 0.717) is 0 Å². The molecule has 0 radical (unpaired) electrons. The Morgan fingerprint density at radius 1 is 1.30 bits per heavy atom. The third kappa shape index (κ3) is 2.77. The third-order valence-corrected chi connectivity index (χ3v) is 4.16. The molecule has 5 nitrogen and oxygen atoms in total. The van der Waals surface area contributed by atoms with E-state index >= 15 is 0 Å². The fourth-order valence-electron chi connectivity index (χ4n) is 2.78. The highest BCUT2D eigenvalue weighted by Gasteiger charge is 2.16. The van der Waals surface area contributed by atoms with Gasteiger partial charge in [0.1, 0.15) is 0 Å². The molecule has 118 valence electrons. The van der Waals surface area contributed by atoms with Crippen LogP contribution in [0, 0.1) is 0 Å². The van der Waals surface area contributed by atoms with Gasteiger partial charge in [-0.15, -0.1) is 0 Å². The number of methoxy groups -OCH3 is 1. The number of nitrogens with one attached hydrogen (secondary N) is 1. The van der Waals surface area contributed by atoms with Gasteiger partial charge in [0, 0.05) is 24.8 Å². The van der Waals surface area contributed by atoms with E-state index in [4.69, 9.17) is 4.74 Å². The van der Waals surface area contributed by atoms with Crippen LogP contribution in [0.3, 0.4) is 0 Å². The summed E-state index contributed by atoms with van der Waals surface area (Å²) in [6.07, 6.45) is 3.21. The van der Waals surface area contributed by atoms with Gasteiger partial charge in [0.05, 0.1) is 19.1 Å². The Bertz CT molecular complexity index is 827. The second kappa shape index (κ2) is 6.12. The molecule has 23 heavy (non-hydrogen) atoms. The predicted molar refractivity (Wildman–Crippen MR) is 90.9 cm³/mol. The molecule has 0 aliphatic rings. The Labute approximate surface area is 134 Å². The van der Waals surface area contributed by atoms with Crippen LogP contribution in [0.2, 0.25) is 0 Å². The largest absolute Gasteiger partial charge is 0.452 e. The zero-order valence-electron chi connectivity index (χ0n) is 13.4. The average molecular weight is 309 g/mol. The highest BCUT2D eigenvalue weighted by atomic mass is 16.5. The third-order valence-electron chi connectivity index (χ3n) is 4.16. The molecule has 1 unspecified atom stereocenters. The number of aromatic amines is 1.